The second-order valence-electron chi connectivity index (χ2n) is 4.26. The van der Waals surface area contributed by atoms with Gasteiger partial charge in [0.25, 0.3) is 0 Å². The van der Waals surface area contributed by atoms with Gasteiger partial charge < -0.3 is 5.32 Å². The van der Waals surface area contributed by atoms with Gasteiger partial charge in [-0.2, -0.15) is 4.98 Å². The molecule has 0 atom stereocenters. The molecule has 0 unspecified atom stereocenters. The Morgan fingerprint density at radius 1 is 1.26 bits per heavy atom. The number of imidazole rings is 1. The zero-order valence-electron chi connectivity index (χ0n) is 11.2. The average Bonchev–Trinajstić information content (AvgIpc) is 2.86. The smallest absolute Gasteiger partial charge is 0.224 e. The van der Waals surface area contributed by atoms with Gasteiger partial charge >= 0.3 is 0 Å². The Morgan fingerprint density at radius 3 is 2.84 bits per heavy atom. The predicted octanol–water partition coefficient (Wildman–Crippen LogP) is 3.20. The molecular formula is C13H18BrN5. The van der Waals surface area contributed by atoms with Crippen LogP contribution >= 0.6 is 15.9 Å². The number of rotatable bonds is 6. The lowest BCUT2D eigenvalue weighted by molar-refractivity contribution is 0.793. The summed E-state index contributed by atoms with van der Waals surface area (Å²) in [7, 11) is 0. The molecule has 0 fully saturated rings. The molecule has 0 saturated carbocycles. The first-order chi connectivity index (χ1) is 9.26. The first-order valence-corrected chi connectivity index (χ1v) is 7.34. The Balaban J connectivity index is 2.34. The Labute approximate surface area is 121 Å². The molecule has 0 amide bonds. The number of hydrogen-bond acceptors (Lipinski definition) is 4. The molecule has 0 aliphatic heterocycles. The van der Waals surface area contributed by atoms with Crippen LogP contribution < -0.4 is 5.32 Å². The summed E-state index contributed by atoms with van der Waals surface area (Å²) in [6.45, 7) is 5.12. The van der Waals surface area contributed by atoms with Crippen molar-refractivity contribution >= 4 is 21.9 Å². The third-order valence-corrected chi connectivity index (χ3v) is 3.24. The van der Waals surface area contributed by atoms with E-state index in [4.69, 9.17) is 0 Å². The van der Waals surface area contributed by atoms with Gasteiger partial charge in [-0.1, -0.05) is 13.8 Å². The van der Waals surface area contributed by atoms with Crippen LogP contribution in [0.5, 0.6) is 0 Å². The van der Waals surface area contributed by atoms with E-state index in [1.54, 1.807) is 12.4 Å². The molecule has 2 aromatic heterocycles. The average molecular weight is 324 g/mol. The van der Waals surface area contributed by atoms with Crippen molar-refractivity contribution in [3.63, 3.8) is 0 Å². The van der Waals surface area contributed by atoms with Crippen molar-refractivity contribution in [1.82, 2.24) is 19.5 Å². The Bertz CT molecular complexity index is 538. The molecular weight excluding hydrogens is 306 g/mol. The highest BCUT2D eigenvalue weighted by atomic mass is 79.9. The molecule has 0 spiro atoms. The van der Waals surface area contributed by atoms with Crippen molar-refractivity contribution in [3.05, 3.63) is 28.9 Å². The summed E-state index contributed by atoms with van der Waals surface area (Å²) in [6.07, 6.45) is 8.54. The maximum Gasteiger partial charge on any atom is 0.224 e. The minimum atomic E-state index is 0.649. The third kappa shape index (κ3) is 3.32. The monoisotopic (exact) mass is 323 g/mol. The standard InChI is InChI=1S/C13H18BrN5/c1-3-5-11-15-7-8-19(11)12-10(14)9-17-13(18-12)16-6-4-2/h7-9H,3-6H2,1-2H3,(H,16,17,18). The summed E-state index contributed by atoms with van der Waals surface area (Å²) in [5.41, 5.74) is 0. The largest absolute Gasteiger partial charge is 0.354 e. The van der Waals surface area contributed by atoms with Crippen molar-refractivity contribution < 1.29 is 0 Å². The van der Waals surface area contributed by atoms with Crippen molar-refractivity contribution in [2.45, 2.75) is 33.1 Å². The normalized spacial score (nSPS) is 10.7. The maximum atomic E-state index is 4.55. The fourth-order valence-corrected chi connectivity index (χ4v) is 2.17. The van der Waals surface area contributed by atoms with Gasteiger partial charge in [0.15, 0.2) is 5.82 Å². The summed E-state index contributed by atoms with van der Waals surface area (Å²) in [5.74, 6) is 2.49. The van der Waals surface area contributed by atoms with Crippen LogP contribution in [0.4, 0.5) is 5.95 Å². The van der Waals surface area contributed by atoms with Crippen molar-refractivity contribution in [1.29, 1.82) is 0 Å². The molecule has 2 heterocycles. The van der Waals surface area contributed by atoms with Gasteiger partial charge in [0, 0.05) is 31.6 Å². The first-order valence-electron chi connectivity index (χ1n) is 6.55. The summed E-state index contributed by atoms with van der Waals surface area (Å²) < 4.78 is 2.87. The Kier molecular flexibility index (Phi) is 4.90. The quantitative estimate of drug-likeness (QED) is 0.886. The summed E-state index contributed by atoms with van der Waals surface area (Å²) >= 11 is 3.50. The molecule has 0 radical (unpaired) electrons. The van der Waals surface area contributed by atoms with Gasteiger partial charge in [0.05, 0.1) is 4.47 Å². The van der Waals surface area contributed by atoms with E-state index in [0.29, 0.717) is 5.95 Å². The van der Waals surface area contributed by atoms with Crippen LogP contribution in [0.1, 0.15) is 32.5 Å². The number of aromatic nitrogens is 4. The summed E-state index contributed by atoms with van der Waals surface area (Å²) in [4.78, 5) is 13.2. The van der Waals surface area contributed by atoms with Gasteiger partial charge in [-0.25, -0.2) is 9.97 Å². The number of aryl methyl sites for hydroxylation is 1. The molecule has 2 rings (SSSR count). The minimum absolute atomic E-state index is 0.649. The molecule has 0 bridgehead atoms. The molecule has 0 aromatic carbocycles. The van der Waals surface area contributed by atoms with E-state index >= 15 is 0 Å². The van der Waals surface area contributed by atoms with Gasteiger partial charge in [-0.05, 0) is 28.8 Å². The maximum absolute atomic E-state index is 4.55. The van der Waals surface area contributed by atoms with E-state index in [2.05, 4.69) is 50.0 Å². The SMILES string of the molecule is CCCNc1ncc(Br)c(-n2ccnc2CCC)n1. The van der Waals surface area contributed by atoms with Crippen LogP contribution in [0.2, 0.25) is 0 Å². The number of nitrogens with one attached hydrogen (secondary N) is 1. The lowest BCUT2D eigenvalue weighted by Crippen LogP contribution is -2.09. The van der Waals surface area contributed by atoms with E-state index in [-0.39, 0.29) is 0 Å². The van der Waals surface area contributed by atoms with Gasteiger partial charge in [-0.3, -0.25) is 4.57 Å². The third-order valence-electron chi connectivity index (χ3n) is 2.68. The fraction of sp³-hybridized carbons (Fsp3) is 0.462. The van der Waals surface area contributed by atoms with Crippen molar-refractivity contribution in [2.24, 2.45) is 0 Å². The molecule has 0 saturated heterocycles. The lowest BCUT2D eigenvalue weighted by atomic mass is 10.3. The number of anilines is 1. The Hall–Kier alpha value is -1.43. The van der Waals surface area contributed by atoms with E-state index in [9.17, 15) is 0 Å². The fourth-order valence-electron chi connectivity index (χ4n) is 1.78. The highest BCUT2D eigenvalue weighted by Gasteiger charge is 2.10. The van der Waals surface area contributed by atoms with Crippen molar-refractivity contribution in [2.75, 3.05) is 11.9 Å². The molecule has 6 heteroatoms. The minimum Gasteiger partial charge on any atom is -0.354 e. The highest BCUT2D eigenvalue weighted by Crippen LogP contribution is 2.21. The first kappa shape index (κ1) is 14.0. The zero-order valence-corrected chi connectivity index (χ0v) is 12.8. The molecule has 19 heavy (non-hydrogen) atoms. The van der Waals surface area contributed by atoms with E-state index in [0.717, 1.165) is 41.9 Å². The zero-order chi connectivity index (χ0) is 13.7. The van der Waals surface area contributed by atoms with Crippen LogP contribution in [0.15, 0.2) is 23.1 Å². The van der Waals surface area contributed by atoms with Crippen LogP contribution in [0.3, 0.4) is 0 Å². The Morgan fingerprint density at radius 2 is 2.11 bits per heavy atom. The molecule has 0 aliphatic carbocycles. The number of nitrogens with zero attached hydrogens (tertiary/aromatic N) is 4. The van der Waals surface area contributed by atoms with Crippen molar-refractivity contribution in [3.8, 4) is 5.82 Å². The van der Waals surface area contributed by atoms with E-state index in [1.807, 2.05) is 10.8 Å². The summed E-state index contributed by atoms with van der Waals surface area (Å²) in [6, 6.07) is 0. The van der Waals surface area contributed by atoms with Crippen LogP contribution in [0, 0.1) is 0 Å². The summed E-state index contributed by atoms with van der Waals surface area (Å²) in [5, 5.41) is 3.20. The molecule has 5 nitrogen and oxygen atoms in total. The van der Waals surface area contributed by atoms with Gasteiger partial charge in [0.1, 0.15) is 5.82 Å². The van der Waals surface area contributed by atoms with Gasteiger partial charge in [-0.15, -0.1) is 0 Å². The predicted molar refractivity (Wildman–Crippen MR) is 79.6 cm³/mol. The van der Waals surface area contributed by atoms with Gasteiger partial charge in [0.2, 0.25) is 5.95 Å². The molecule has 1 N–H and O–H groups in total. The van der Waals surface area contributed by atoms with E-state index in [1.165, 1.54) is 0 Å². The van der Waals surface area contributed by atoms with Crippen LogP contribution in [0.25, 0.3) is 5.82 Å². The van der Waals surface area contributed by atoms with Crippen LogP contribution in [-0.2, 0) is 6.42 Å². The molecule has 2 aromatic rings. The van der Waals surface area contributed by atoms with E-state index < -0.39 is 0 Å². The second kappa shape index (κ2) is 6.65. The van der Waals surface area contributed by atoms with Crippen LogP contribution in [-0.4, -0.2) is 26.1 Å². The highest BCUT2D eigenvalue weighted by molar-refractivity contribution is 9.10. The number of hydrogen-bond donors (Lipinski definition) is 1. The molecule has 0 aliphatic rings. The topological polar surface area (TPSA) is 55.6 Å². The second-order valence-corrected chi connectivity index (χ2v) is 5.11. The molecule has 102 valence electrons. The number of halogens is 1. The lowest BCUT2D eigenvalue weighted by Gasteiger charge is -2.10.